The summed E-state index contributed by atoms with van der Waals surface area (Å²) in [5.41, 5.74) is 35.8. The molecule has 0 aliphatic heterocycles. The van der Waals surface area contributed by atoms with Gasteiger partial charge in [-0.3, -0.25) is 0 Å². The van der Waals surface area contributed by atoms with Gasteiger partial charge < -0.3 is 4.42 Å². The van der Waals surface area contributed by atoms with Crippen molar-refractivity contribution >= 4 is 85.0 Å². The third-order valence-electron chi connectivity index (χ3n) is 32.2. The lowest BCUT2D eigenvalue weighted by atomic mass is 9.67. The summed E-state index contributed by atoms with van der Waals surface area (Å²) in [7, 11) is 0. The zero-order chi connectivity index (χ0) is 97.1. The highest BCUT2D eigenvalue weighted by Crippen LogP contribution is 2.61. The van der Waals surface area contributed by atoms with E-state index in [0.717, 1.165) is 77.6 Å². The summed E-state index contributed by atoms with van der Waals surface area (Å²) in [5, 5.41) is 7.16. The van der Waals surface area contributed by atoms with E-state index in [1.165, 1.54) is 226 Å². The summed E-state index contributed by atoms with van der Waals surface area (Å²) >= 11 is 3.74. The Hall–Kier alpha value is -16.8. The number of hydrogen-bond donors (Lipinski definition) is 0. The van der Waals surface area contributed by atoms with Crippen LogP contribution in [-0.4, -0.2) is 44.9 Å². The molecule has 0 saturated heterocycles. The van der Waals surface area contributed by atoms with E-state index in [-0.39, 0.29) is 16.2 Å². The number of thiophene rings is 2. The van der Waals surface area contributed by atoms with Crippen molar-refractivity contribution in [2.75, 3.05) is 0 Å². The summed E-state index contributed by atoms with van der Waals surface area (Å²) in [6.07, 6.45) is 19.1. The van der Waals surface area contributed by atoms with Gasteiger partial charge in [-0.2, -0.15) is 0 Å². The van der Waals surface area contributed by atoms with Crippen LogP contribution in [0.15, 0.2) is 423 Å². The van der Waals surface area contributed by atoms with E-state index in [9.17, 15) is 0 Å². The molecule has 12 heteroatoms. The van der Waals surface area contributed by atoms with E-state index >= 15 is 0 Å². The van der Waals surface area contributed by atoms with Gasteiger partial charge >= 0.3 is 0 Å². The quantitative estimate of drug-likeness (QED) is 0.117. The van der Waals surface area contributed by atoms with Crippen LogP contribution in [0, 0.1) is 0 Å². The van der Waals surface area contributed by atoms with Crippen LogP contribution in [-0.2, 0) is 16.2 Å². The lowest BCUT2D eigenvalue weighted by Gasteiger charge is -2.36. The Bertz CT molecular complexity index is 8740. The summed E-state index contributed by atoms with van der Waals surface area (Å²) in [6, 6.07) is 150. The first kappa shape index (κ1) is 88.0. The number of fused-ring (bicyclic) bond motifs is 24. The van der Waals surface area contributed by atoms with Gasteiger partial charge in [-0.15, -0.1) is 22.7 Å². The van der Waals surface area contributed by atoms with Crippen LogP contribution in [0.25, 0.3) is 232 Å². The first-order valence-electron chi connectivity index (χ1n) is 52.0. The van der Waals surface area contributed by atoms with Gasteiger partial charge in [-0.1, -0.05) is 428 Å². The van der Waals surface area contributed by atoms with Gasteiger partial charge in [-0.25, -0.2) is 44.9 Å². The SMILES string of the molecule is c1ccc(-c2nc(-c3ccccc3)nc(-c3ccc4sc5c(-c6ccc7c(c6)C6(CCCCC6)c6ccccc6-7)cccc5c4c3)n2)cc1.c1ccc(-c2nc(-c3ccccc3)nc(-c3cccc4c3oc3c(-c5ccc6c(c5)C5(CCCCC5)c5ccccc5-6)cccc34)n2)cc1.c1ccc(-c2nc(-c3ccccc3)nc(-c3cccc4c3sc3c(-c5ccc6c(c5)C5(CCCCC5)c5ccccc5-6)cccc34)n2)cc1. The second kappa shape index (κ2) is 36.5. The van der Waals surface area contributed by atoms with Gasteiger partial charge in [0, 0.05) is 117 Å². The molecular formula is C135H99N9OS2. The van der Waals surface area contributed by atoms with Crippen molar-refractivity contribution in [3.05, 3.63) is 452 Å². The summed E-state index contributed by atoms with van der Waals surface area (Å²) in [5.74, 6) is 5.95. The zero-order valence-electron chi connectivity index (χ0n) is 81.2. The van der Waals surface area contributed by atoms with Crippen molar-refractivity contribution in [1.82, 2.24) is 44.9 Å². The standard InChI is InChI=1S/C45H33N3O.2C45H33N3S/c2*1-4-14-29(15-5-1)42-46-43(30-16-6-2-7-17-30)48-44(47-42)37-22-13-21-36-35-20-12-19-32(40(35)49-41(36)37)31-24-25-34-33-18-8-9-23-38(33)45(39(34)28-31)26-10-3-11-27-45;1-4-13-29(14-5-1)42-46-43(30-15-6-2-7-16-30)48-44(47-42)32-22-24-40-37(27-32)36-19-12-18-33(41(36)49-40)31-21-23-35-34-17-8-9-20-38(34)45(39(35)28-31)25-10-3-11-26-45/h2*1-2,4-9,12-25,28H,3,10-11,26-27H2;1-2,4-9,12-24,27-28H,3,10-11,25-26H2. The fourth-order valence-corrected chi connectivity index (χ4v) is 27.9. The van der Waals surface area contributed by atoms with E-state index < -0.39 is 0 Å². The molecule has 702 valence electrons. The van der Waals surface area contributed by atoms with Crippen LogP contribution in [0.5, 0.6) is 0 Å². The van der Waals surface area contributed by atoms with E-state index in [4.69, 9.17) is 49.3 Å². The minimum Gasteiger partial charge on any atom is -0.455 e. The van der Waals surface area contributed by atoms with Gasteiger partial charge in [0.25, 0.3) is 0 Å². The number of aromatic nitrogens is 9. The molecule has 18 aromatic carbocycles. The van der Waals surface area contributed by atoms with E-state index in [0.29, 0.717) is 52.4 Å². The van der Waals surface area contributed by atoms with Crippen LogP contribution in [0.3, 0.4) is 0 Å². The number of hydrogen-bond acceptors (Lipinski definition) is 12. The molecule has 0 atom stereocenters. The number of furan rings is 1. The van der Waals surface area contributed by atoms with E-state index in [1.807, 2.05) is 156 Å². The highest BCUT2D eigenvalue weighted by molar-refractivity contribution is 7.27. The summed E-state index contributed by atoms with van der Waals surface area (Å²) < 4.78 is 12.0. The summed E-state index contributed by atoms with van der Waals surface area (Å²) in [4.78, 5) is 45.0. The van der Waals surface area contributed by atoms with Crippen molar-refractivity contribution < 1.29 is 4.42 Å². The average molecular weight is 1930 g/mol. The summed E-state index contributed by atoms with van der Waals surface area (Å²) in [6.45, 7) is 0. The Morgan fingerprint density at radius 1 is 0.163 bits per heavy atom. The smallest absolute Gasteiger partial charge is 0.167 e. The first-order chi connectivity index (χ1) is 72.8. The molecule has 0 unspecified atom stereocenters. The monoisotopic (exact) mass is 1930 g/mol. The molecule has 3 spiro atoms. The van der Waals surface area contributed by atoms with Crippen molar-refractivity contribution in [3.8, 4) is 169 Å². The van der Waals surface area contributed by atoms with Gasteiger partial charge in [0.1, 0.15) is 11.2 Å². The van der Waals surface area contributed by atoms with Crippen LogP contribution >= 0.6 is 22.7 Å². The maximum absolute atomic E-state index is 6.93. The minimum atomic E-state index is 0.0980. The van der Waals surface area contributed by atoms with Gasteiger partial charge in [0.2, 0.25) is 0 Å². The highest BCUT2D eigenvalue weighted by Gasteiger charge is 2.47. The van der Waals surface area contributed by atoms with E-state index in [2.05, 4.69) is 285 Å². The number of rotatable bonds is 12. The molecule has 0 N–H and O–H groups in total. The molecule has 3 saturated carbocycles. The van der Waals surface area contributed by atoms with Crippen LogP contribution in [0.1, 0.15) is 130 Å². The van der Waals surface area contributed by atoms with Crippen LogP contribution in [0.2, 0.25) is 0 Å². The molecule has 0 amide bonds. The molecule has 147 heavy (non-hydrogen) atoms. The van der Waals surface area contributed by atoms with Crippen molar-refractivity contribution in [2.24, 2.45) is 0 Å². The Labute approximate surface area is 861 Å². The Morgan fingerprint density at radius 3 is 0.796 bits per heavy atom. The Morgan fingerprint density at radius 2 is 0.422 bits per heavy atom. The average Bonchev–Trinajstić information content (AvgIpc) is 1.57. The molecule has 0 radical (unpaired) electrons. The van der Waals surface area contributed by atoms with Crippen LogP contribution < -0.4 is 0 Å². The third kappa shape index (κ3) is 15.1. The fraction of sp³-hybridized carbons (Fsp3) is 0.133. The molecule has 6 aliphatic carbocycles. The third-order valence-corrected chi connectivity index (χ3v) is 34.7. The number of benzene rings is 18. The second-order valence-electron chi connectivity index (χ2n) is 40.4. The molecular weight excluding hydrogens is 1830 g/mol. The lowest BCUT2D eigenvalue weighted by molar-refractivity contribution is 0.353. The number of nitrogens with zero attached hydrogens (tertiary/aromatic N) is 9. The molecule has 6 heterocycles. The van der Waals surface area contributed by atoms with Crippen LogP contribution in [0.4, 0.5) is 0 Å². The first-order valence-corrected chi connectivity index (χ1v) is 53.6. The van der Waals surface area contributed by atoms with Gasteiger partial charge in [0.15, 0.2) is 52.4 Å². The molecule has 6 aromatic heterocycles. The van der Waals surface area contributed by atoms with E-state index in [1.54, 1.807) is 5.56 Å². The molecule has 6 aliphatic rings. The highest BCUT2D eigenvalue weighted by atomic mass is 32.1. The topological polar surface area (TPSA) is 129 Å². The largest absolute Gasteiger partial charge is 0.455 e. The lowest BCUT2D eigenvalue weighted by Crippen LogP contribution is -2.28. The normalized spacial score (nSPS) is 14.7. The zero-order valence-corrected chi connectivity index (χ0v) is 82.8. The molecule has 24 aromatic rings. The molecule has 30 rings (SSSR count). The minimum absolute atomic E-state index is 0.0980. The van der Waals surface area contributed by atoms with Crippen molar-refractivity contribution in [2.45, 2.75) is 113 Å². The maximum atomic E-state index is 6.93. The second-order valence-corrected chi connectivity index (χ2v) is 42.5. The molecule has 0 bridgehead atoms. The van der Waals surface area contributed by atoms with Gasteiger partial charge in [-0.05, 0) is 182 Å². The number of para-hydroxylation sites is 2. The molecule has 10 nitrogen and oxygen atoms in total. The fourth-order valence-electron chi connectivity index (χ4n) is 25.4. The van der Waals surface area contributed by atoms with Gasteiger partial charge in [0.05, 0.1) is 5.56 Å². The van der Waals surface area contributed by atoms with Crippen molar-refractivity contribution in [3.63, 3.8) is 0 Å². The Kier molecular flexibility index (Phi) is 21.9. The predicted molar refractivity (Wildman–Crippen MR) is 606 cm³/mol. The predicted octanol–water partition coefficient (Wildman–Crippen LogP) is 35.9. The Balaban J connectivity index is 0.000000107. The van der Waals surface area contributed by atoms with Crippen molar-refractivity contribution in [1.29, 1.82) is 0 Å². The maximum Gasteiger partial charge on any atom is 0.167 e. The molecule has 3 fully saturated rings.